The highest BCUT2D eigenvalue weighted by Crippen LogP contribution is 2.22. The lowest BCUT2D eigenvalue weighted by Crippen LogP contribution is -2.05. The molecule has 1 N–H and O–H groups in total. The molecular formula is C15H13FN4. The summed E-state index contributed by atoms with van der Waals surface area (Å²) in [6, 6.07) is 10.5. The summed E-state index contributed by atoms with van der Waals surface area (Å²) in [5.41, 5.74) is 3.61. The highest BCUT2D eigenvalue weighted by Gasteiger charge is 2.13. The van der Waals surface area contributed by atoms with E-state index in [4.69, 9.17) is 5.41 Å². The van der Waals surface area contributed by atoms with Gasteiger partial charge in [-0.25, -0.2) is 9.07 Å². The number of para-hydroxylation sites is 1. The quantitative estimate of drug-likeness (QED) is 0.725. The largest absolute Gasteiger partial charge is 0.305 e. The van der Waals surface area contributed by atoms with Gasteiger partial charge in [0, 0.05) is 11.3 Å². The molecule has 0 aliphatic rings. The molecule has 20 heavy (non-hydrogen) atoms. The lowest BCUT2D eigenvalue weighted by molar-refractivity contribution is 0.609. The normalized spacial score (nSPS) is 10.9. The number of hydrogen-bond donors (Lipinski definition) is 1. The molecule has 1 aromatic heterocycles. The second-order valence-electron chi connectivity index (χ2n) is 4.73. The molecule has 0 aliphatic carbocycles. The van der Waals surface area contributed by atoms with Crippen LogP contribution in [0.1, 0.15) is 18.1 Å². The Bertz CT molecular complexity index is 820. The van der Waals surface area contributed by atoms with Gasteiger partial charge >= 0.3 is 0 Å². The molecule has 0 atom stereocenters. The Morgan fingerprint density at radius 3 is 2.75 bits per heavy atom. The standard InChI is InChI=1S/C15H13FN4/c1-9-7-15(12(16)8-11(9)10(2)17)20-14-6-4-3-5-13(14)18-19-20/h3-8,17H,1-2H3. The van der Waals surface area contributed by atoms with Crippen LogP contribution in [0.25, 0.3) is 16.7 Å². The maximum absolute atomic E-state index is 14.3. The zero-order chi connectivity index (χ0) is 14.3. The molecule has 4 nitrogen and oxygen atoms in total. The number of aromatic nitrogens is 3. The van der Waals surface area contributed by atoms with Gasteiger partial charge < -0.3 is 5.41 Å². The van der Waals surface area contributed by atoms with Crippen molar-refractivity contribution in [2.45, 2.75) is 13.8 Å². The first kappa shape index (κ1) is 12.5. The van der Waals surface area contributed by atoms with E-state index in [0.29, 0.717) is 17.0 Å². The van der Waals surface area contributed by atoms with E-state index in [2.05, 4.69) is 10.3 Å². The monoisotopic (exact) mass is 268 g/mol. The van der Waals surface area contributed by atoms with Gasteiger partial charge in [-0.2, -0.15) is 0 Å². The molecule has 0 unspecified atom stereocenters. The molecule has 100 valence electrons. The molecule has 0 spiro atoms. The number of hydrogen-bond acceptors (Lipinski definition) is 3. The summed E-state index contributed by atoms with van der Waals surface area (Å²) in [6.45, 7) is 3.50. The van der Waals surface area contributed by atoms with Crippen molar-refractivity contribution in [3.8, 4) is 5.69 Å². The topological polar surface area (TPSA) is 54.6 Å². The molecule has 3 rings (SSSR count). The summed E-state index contributed by atoms with van der Waals surface area (Å²) in [4.78, 5) is 0. The molecule has 0 saturated carbocycles. The van der Waals surface area contributed by atoms with E-state index in [9.17, 15) is 4.39 Å². The number of benzene rings is 2. The minimum atomic E-state index is -0.409. The van der Waals surface area contributed by atoms with E-state index in [1.807, 2.05) is 31.2 Å². The fourth-order valence-corrected chi connectivity index (χ4v) is 2.28. The van der Waals surface area contributed by atoms with Crippen LogP contribution in [0.15, 0.2) is 36.4 Å². The van der Waals surface area contributed by atoms with E-state index in [1.54, 1.807) is 13.0 Å². The zero-order valence-corrected chi connectivity index (χ0v) is 11.2. The maximum atomic E-state index is 14.3. The number of fused-ring (bicyclic) bond motifs is 1. The highest BCUT2D eigenvalue weighted by molar-refractivity contribution is 5.97. The second-order valence-corrected chi connectivity index (χ2v) is 4.73. The number of halogens is 1. The third-order valence-corrected chi connectivity index (χ3v) is 3.28. The predicted octanol–water partition coefficient (Wildman–Crippen LogP) is 3.26. The van der Waals surface area contributed by atoms with Crippen LogP contribution in [-0.2, 0) is 0 Å². The van der Waals surface area contributed by atoms with Crippen molar-refractivity contribution in [1.29, 1.82) is 5.41 Å². The van der Waals surface area contributed by atoms with Gasteiger partial charge in [0.25, 0.3) is 0 Å². The molecule has 0 bridgehead atoms. The number of nitrogens with zero attached hydrogens (tertiary/aromatic N) is 3. The molecule has 0 radical (unpaired) electrons. The van der Waals surface area contributed by atoms with Gasteiger partial charge in [-0.15, -0.1) is 5.10 Å². The summed E-state index contributed by atoms with van der Waals surface area (Å²) in [5, 5.41) is 15.7. The minimum absolute atomic E-state index is 0.344. The minimum Gasteiger partial charge on any atom is -0.305 e. The molecule has 0 amide bonds. The SMILES string of the molecule is CC(=N)c1cc(F)c(-n2nnc3ccccc32)cc1C. The molecule has 0 fully saturated rings. The van der Waals surface area contributed by atoms with Gasteiger partial charge in [0.2, 0.25) is 0 Å². The Labute approximate surface area is 115 Å². The third kappa shape index (κ3) is 1.87. The molecule has 3 aromatic rings. The maximum Gasteiger partial charge on any atom is 0.149 e. The first-order chi connectivity index (χ1) is 9.58. The Kier molecular flexibility index (Phi) is 2.82. The molecule has 2 aromatic carbocycles. The van der Waals surface area contributed by atoms with Crippen molar-refractivity contribution in [3.63, 3.8) is 0 Å². The van der Waals surface area contributed by atoms with Gasteiger partial charge in [0.1, 0.15) is 17.0 Å². The van der Waals surface area contributed by atoms with E-state index in [-0.39, 0.29) is 0 Å². The number of nitrogens with one attached hydrogen (secondary N) is 1. The van der Waals surface area contributed by atoms with Crippen molar-refractivity contribution in [3.05, 3.63) is 53.3 Å². The Hall–Kier alpha value is -2.56. The summed E-state index contributed by atoms with van der Waals surface area (Å²) < 4.78 is 15.8. The smallest absolute Gasteiger partial charge is 0.149 e. The van der Waals surface area contributed by atoms with Gasteiger partial charge in [-0.1, -0.05) is 17.3 Å². The first-order valence-electron chi connectivity index (χ1n) is 6.24. The van der Waals surface area contributed by atoms with Crippen LogP contribution in [0, 0.1) is 18.2 Å². The molecule has 0 aliphatic heterocycles. The summed E-state index contributed by atoms with van der Waals surface area (Å²) >= 11 is 0. The van der Waals surface area contributed by atoms with Crippen molar-refractivity contribution >= 4 is 16.7 Å². The zero-order valence-electron chi connectivity index (χ0n) is 11.2. The lowest BCUT2D eigenvalue weighted by Gasteiger charge is -2.09. The summed E-state index contributed by atoms with van der Waals surface area (Å²) in [5.74, 6) is -0.409. The Morgan fingerprint density at radius 1 is 1.25 bits per heavy atom. The fourth-order valence-electron chi connectivity index (χ4n) is 2.28. The van der Waals surface area contributed by atoms with E-state index < -0.39 is 5.82 Å². The Morgan fingerprint density at radius 2 is 2.00 bits per heavy atom. The predicted molar refractivity (Wildman–Crippen MR) is 76.1 cm³/mol. The van der Waals surface area contributed by atoms with Crippen molar-refractivity contribution in [2.75, 3.05) is 0 Å². The van der Waals surface area contributed by atoms with Gasteiger partial charge in [0.15, 0.2) is 0 Å². The van der Waals surface area contributed by atoms with Crippen LogP contribution in [0.3, 0.4) is 0 Å². The number of rotatable bonds is 2. The van der Waals surface area contributed by atoms with Crippen LogP contribution < -0.4 is 0 Å². The van der Waals surface area contributed by atoms with Crippen molar-refractivity contribution in [1.82, 2.24) is 15.0 Å². The van der Waals surface area contributed by atoms with Crippen LogP contribution in [-0.4, -0.2) is 20.7 Å². The Balaban J connectivity index is 2.25. The molecule has 1 heterocycles. The van der Waals surface area contributed by atoms with Gasteiger partial charge in [-0.05, 0) is 43.7 Å². The summed E-state index contributed by atoms with van der Waals surface area (Å²) in [6.07, 6.45) is 0. The fraction of sp³-hybridized carbons (Fsp3) is 0.133. The van der Waals surface area contributed by atoms with Crippen LogP contribution >= 0.6 is 0 Å². The third-order valence-electron chi connectivity index (χ3n) is 3.28. The number of aryl methyl sites for hydroxylation is 1. The average molecular weight is 268 g/mol. The van der Waals surface area contributed by atoms with Crippen LogP contribution in [0.4, 0.5) is 4.39 Å². The second kappa shape index (κ2) is 4.52. The van der Waals surface area contributed by atoms with E-state index >= 15 is 0 Å². The van der Waals surface area contributed by atoms with Crippen LogP contribution in [0.5, 0.6) is 0 Å². The van der Waals surface area contributed by atoms with E-state index in [1.165, 1.54) is 10.7 Å². The highest BCUT2D eigenvalue weighted by atomic mass is 19.1. The van der Waals surface area contributed by atoms with Crippen molar-refractivity contribution < 1.29 is 4.39 Å². The molecule has 0 saturated heterocycles. The van der Waals surface area contributed by atoms with Gasteiger partial charge in [-0.3, -0.25) is 0 Å². The molecular weight excluding hydrogens is 255 g/mol. The van der Waals surface area contributed by atoms with Gasteiger partial charge in [0.05, 0.1) is 5.52 Å². The van der Waals surface area contributed by atoms with Crippen molar-refractivity contribution in [2.24, 2.45) is 0 Å². The van der Waals surface area contributed by atoms with Crippen LogP contribution in [0.2, 0.25) is 0 Å². The summed E-state index contributed by atoms with van der Waals surface area (Å²) in [7, 11) is 0. The lowest BCUT2D eigenvalue weighted by atomic mass is 10.0. The molecule has 5 heteroatoms. The average Bonchev–Trinajstić information content (AvgIpc) is 2.84. The van der Waals surface area contributed by atoms with E-state index in [0.717, 1.165) is 16.6 Å². The first-order valence-corrected chi connectivity index (χ1v) is 6.24.